The number of thioether (sulfide) groups is 1. The maximum absolute atomic E-state index is 9.06. The molecule has 0 amide bonds. The van der Waals surface area contributed by atoms with Gasteiger partial charge in [-0.2, -0.15) is 10.5 Å². The Labute approximate surface area is 144 Å². The summed E-state index contributed by atoms with van der Waals surface area (Å²) in [5.74, 6) is 0.513. The molecule has 23 heavy (non-hydrogen) atoms. The molecular weight excluding hydrogens is 326 g/mol. The highest BCUT2D eigenvalue weighted by Gasteiger charge is 2.11. The third kappa shape index (κ3) is 5.55. The van der Waals surface area contributed by atoms with E-state index in [4.69, 9.17) is 10.5 Å². The minimum atomic E-state index is -0.124. The maximum atomic E-state index is 9.06. The van der Waals surface area contributed by atoms with Gasteiger partial charge in [-0.3, -0.25) is 0 Å². The lowest BCUT2D eigenvalue weighted by molar-refractivity contribution is 0.685. The first kappa shape index (κ1) is 17.3. The Kier molecular flexibility index (Phi) is 6.86. The van der Waals surface area contributed by atoms with E-state index >= 15 is 0 Å². The molecule has 1 aromatic heterocycles. The second kappa shape index (κ2) is 9.14. The predicted octanol–water partition coefficient (Wildman–Crippen LogP) is 4.38. The summed E-state index contributed by atoms with van der Waals surface area (Å²) in [5.41, 5.74) is 2.28. The van der Waals surface area contributed by atoms with Crippen LogP contribution in [0, 0.1) is 28.6 Å². The van der Waals surface area contributed by atoms with Crippen molar-refractivity contribution in [3.8, 4) is 12.1 Å². The Morgan fingerprint density at radius 3 is 2.70 bits per heavy atom. The van der Waals surface area contributed by atoms with Crippen LogP contribution in [0.15, 0.2) is 28.6 Å². The Bertz CT molecular complexity index is 696. The molecule has 2 rings (SSSR count). The van der Waals surface area contributed by atoms with E-state index in [1.54, 1.807) is 0 Å². The van der Waals surface area contributed by atoms with Gasteiger partial charge in [0.15, 0.2) is 4.34 Å². The number of anilines is 2. The van der Waals surface area contributed by atoms with Crippen molar-refractivity contribution in [2.45, 2.75) is 30.5 Å². The largest absolute Gasteiger partial charge is 0.330 e. The molecule has 0 saturated carbocycles. The standard InChI is InChI=1S/C16H17N5S2/c1-2-12-5-7-14(8-6-12)19-15-20-21-16(23-15)22-11-13(10-18)4-3-9-17/h5-8,13H,2-4,11H2,1H3,(H,19,20)/t13-/m1/s1. The van der Waals surface area contributed by atoms with Gasteiger partial charge in [0.05, 0.1) is 18.1 Å². The SMILES string of the molecule is CCc1ccc(Nc2nnc(SC[C@@H](C#N)CCC#N)s2)cc1. The summed E-state index contributed by atoms with van der Waals surface area (Å²) >= 11 is 2.98. The predicted molar refractivity (Wildman–Crippen MR) is 93.7 cm³/mol. The molecule has 0 saturated heterocycles. The van der Waals surface area contributed by atoms with E-state index in [1.165, 1.54) is 28.7 Å². The third-order valence-corrected chi connectivity index (χ3v) is 5.35. The summed E-state index contributed by atoms with van der Waals surface area (Å²) in [7, 11) is 0. The third-order valence-electron chi connectivity index (χ3n) is 3.22. The second-order valence-electron chi connectivity index (χ2n) is 4.88. The van der Waals surface area contributed by atoms with Crippen LogP contribution in [0.25, 0.3) is 0 Å². The molecule has 0 unspecified atom stereocenters. The fourth-order valence-electron chi connectivity index (χ4n) is 1.86. The summed E-state index contributed by atoms with van der Waals surface area (Å²) in [6.07, 6.45) is 2.04. The van der Waals surface area contributed by atoms with Gasteiger partial charge in [0.2, 0.25) is 5.13 Å². The molecule has 1 heterocycles. The number of nitriles is 2. The average molecular weight is 343 g/mol. The molecule has 5 nitrogen and oxygen atoms in total. The highest BCUT2D eigenvalue weighted by atomic mass is 32.2. The molecule has 0 bridgehead atoms. The van der Waals surface area contributed by atoms with Gasteiger partial charge < -0.3 is 5.32 Å². The quantitative estimate of drug-likeness (QED) is 0.716. The molecular formula is C16H17N5S2. The van der Waals surface area contributed by atoms with Crippen molar-refractivity contribution in [1.29, 1.82) is 10.5 Å². The molecule has 7 heteroatoms. The molecule has 1 N–H and O–H groups in total. The van der Waals surface area contributed by atoms with E-state index in [0.717, 1.165) is 21.6 Å². The molecule has 0 fully saturated rings. The van der Waals surface area contributed by atoms with Crippen LogP contribution in [0.2, 0.25) is 0 Å². The average Bonchev–Trinajstić information content (AvgIpc) is 3.03. The summed E-state index contributed by atoms with van der Waals surface area (Å²) in [6, 6.07) is 12.5. The Morgan fingerprint density at radius 2 is 2.04 bits per heavy atom. The second-order valence-corrected chi connectivity index (χ2v) is 7.13. The number of benzene rings is 1. The topological polar surface area (TPSA) is 85.4 Å². The smallest absolute Gasteiger partial charge is 0.210 e. The number of aromatic nitrogens is 2. The lowest BCUT2D eigenvalue weighted by Gasteiger charge is -2.03. The van der Waals surface area contributed by atoms with Gasteiger partial charge in [0, 0.05) is 17.9 Å². The molecule has 0 aliphatic rings. The van der Waals surface area contributed by atoms with Crippen molar-refractivity contribution in [2.24, 2.45) is 5.92 Å². The van der Waals surface area contributed by atoms with Crippen LogP contribution in [0.5, 0.6) is 0 Å². The van der Waals surface area contributed by atoms with Gasteiger partial charge in [0.1, 0.15) is 0 Å². The molecule has 0 aliphatic carbocycles. The molecule has 1 aromatic carbocycles. The van der Waals surface area contributed by atoms with E-state index in [1.807, 2.05) is 12.1 Å². The molecule has 0 spiro atoms. The summed E-state index contributed by atoms with van der Waals surface area (Å²) in [4.78, 5) is 0. The van der Waals surface area contributed by atoms with E-state index in [0.29, 0.717) is 18.6 Å². The van der Waals surface area contributed by atoms with Crippen LogP contribution in [0.3, 0.4) is 0 Å². The molecule has 1 atom stereocenters. The van der Waals surface area contributed by atoms with Crippen molar-refractivity contribution < 1.29 is 0 Å². The van der Waals surface area contributed by atoms with E-state index < -0.39 is 0 Å². The first-order chi connectivity index (χ1) is 11.2. The fraction of sp³-hybridized carbons (Fsp3) is 0.375. The Hall–Kier alpha value is -2.09. The normalized spacial score (nSPS) is 11.4. The number of rotatable bonds is 8. The molecule has 2 aromatic rings. The van der Waals surface area contributed by atoms with Gasteiger partial charge in [0.25, 0.3) is 0 Å². The zero-order valence-electron chi connectivity index (χ0n) is 12.8. The van der Waals surface area contributed by atoms with E-state index in [9.17, 15) is 0 Å². The summed E-state index contributed by atoms with van der Waals surface area (Å²) in [6.45, 7) is 2.13. The minimum absolute atomic E-state index is 0.124. The van der Waals surface area contributed by atoms with E-state index in [-0.39, 0.29) is 5.92 Å². The minimum Gasteiger partial charge on any atom is -0.330 e. The molecule has 118 valence electrons. The van der Waals surface area contributed by atoms with Crippen molar-refractivity contribution in [3.05, 3.63) is 29.8 Å². The van der Waals surface area contributed by atoms with Gasteiger partial charge in [-0.15, -0.1) is 10.2 Å². The van der Waals surface area contributed by atoms with Crippen LogP contribution < -0.4 is 5.32 Å². The summed E-state index contributed by atoms with van der Waals surface area (Å²) in [5, 5.41) is 29.9. The number of nitrogens with one attached hydrogen (secondary N) is 1. The molecule has 0 aliphatic heterocycles. The number of hydrogen-bond acceptors (Lipinski definition) is 7. The summed E-state index contributed by atoms with van der Waals surface area (Å²) < 4.78 is 0.829. The van der Waals surface area contributed by atoms with Gasteiger partial charge in [-0.1, -0.05) is 42.2 Å². The zero-order valence-corrected chi connectivity index (χ0v) is 14.5. The van der Waals surface area contributed by atoms with Crippen molar-refractivity contribution >= 4 is 33.9 Å². The van der Waals surface area contributed by atoms with E-state index in [2.05, 4.69) is 46.7 Å². The van der Waals surface area contributed by atoms with Crippen LogP contribution in [0.4, 0.5) is 10.8 Å². The molecule has 0 radical (unpaired) electrons. The maximum Gasteiger partial charge on any atom is 0.210 e. The number of nitrogens with zero attached hydrogens (tertiary/aromatic N) is 4. The lowest BCUT2D eigenvalue weighted by Crippen LogP contribution is -1.99. The van der Waals surface area contributed by atoms with Gasteiger partial charge in [-0.25, -0.2) is 0 Å². The highest BCUT2D eigenvalue weighted by Crippen LogP contribution is 2.29. The number of hydrogen-bond donors (Lipinski definition) is 1. The first-order valence-corrected chi connectivity index (χ1v) is 9.14. The van der Waals surface area contributed by atoms with Gasteiger partial charge in [-0.05, 0) is 30.5 Å². The van der Waals surface area contributed by atoms with Gasteiger partial charge >= 0.3 is 0 Å². The zero-order chi connectivity index (χ0) is 16.5. The fourth-order valence-corrected chi connectivity index (χ4v) is 3.72. The van der Waals surface area contributed by atoms with Crippen LogP contribution in [-0.4, -0.2) is 16.0 Å². The highest BCUT2D eigenvalue weighted by molar-refractivity contribution is 8.01. The van der Waals surface area contributed by atoms with Crippen LogP contribution in [-0.2, 0) is 6.42 Å². The Balaban J connectivity index is 1.87. The van der Waals surface area contributed by atoms with Crippen LogP contribution in [0.1, 0.15) is 25.3 Å². The number of aryl methyl sites for hydroxylation is 1. The monoisotopic (exact) mass is 343 g/mol. The van der Waals surface area contributed by atoms with Crippen molar-refractivity contribution in [3.63, 3.8) is 0 Å². The Morgan fingerprint density at radius 1 is 1.26 bits per heavy atom. The van der Waals surface area contributed by atoms with Crippen LogP contribution >= 0.6 is 23.1 Å². The van der Waals surface area contributed by atoms with Crippen molar-refractivity contribution in [1.82, 2.24) is 10.2 Å². The first-order valence-electron chi connectivity index (χ1n) is 7.34. The lowest BCUT2D eigenvalue weighted by atomic mass is 10.1. The van der Waals surface area contributed by atoms with Crippen molar-refractivity contribution in [2.75, 3.05) is 11.1 Å².